The summed E-state index contributed by atoms with van der Waals surface area (Å²) >= 11 is 1.73. The summed E-state index contributed by atoms with van der Waals surface area (Å²) in [6.45, 7) is 2.01. The van der Waals surface area contributed by atoms with Crippen LogP contribution in [0.3, 0.4) is 0 Å². The van der Waals surface area contributed by atoms with E-state index in [1.807, 2.05) is 19.1 Å². The van der Waals surface area contributed by atoms with E-state index >= 15 is 0 Å². The molecule has 3 nitrogen and oxygen atoms in total. The van der Waals surface area contributed by atoms with Gasteiger partial charge in [0.25, 0.3) is 0 Å². The van der Waals surface area contributed by atoms with Gasteiger partial charge in [0.15, 0.2) is 0 Å². The molecule has 1 N–H and O–H groups in total. The summed E-state index contributed by atoms with van der Waals surface area (Å²) in [5, 5.41) is 4.07. The largest absolute Gasteiger partial charge is 0.273 e. The average molecular weight is 260 g/mol. The van der Waals surface area contributed by atoms with Gasteiger partial charge in [0, 0.05) is 17.2 Å². The standard InChI is InChI=1S/C14H16N2OS/c1-10-9-14(17)16-15-13(10)8-5-11-3-6-12(18-2)7-4-11/h3-8,10H,9H2,1-2H3,(H,16,17). The van der Waals surface area contributed by atoms with Crippen LogP contribution < -0.4 is 5.43 Å². The van der Waals surface area contributed by atoms with E-state index in [9.17, 15) is 4.79 Å². The lowest BCUT2D eigenvalue weighted by Gasteiger charge is -2.15. The third kappa shape index (κ3) is 3.23. The summed E-state index contributed by atoms with van der Waals surface area (Å²) in [5.74, 6) is 0.171. The SMILES string of the molecule is CSc1ccc(C=CC2=NNC(=O)CC2C)cc1. The maximum Gasteiger partial charge on any atom is 0.240 e. The van der Waals surface area contributed by atoms with Gasteiger partial charge in [-0.05, 0) is 30.0 Å². The number of hydrogen-bond acceptors (Lipinski definition) is 3. The topological polar surface area (TPSA) is 41.5 Å². The fourth-order valence-corrected chi connectivity index (χ4v) is 2.17. The van der Waals surface area contributed by atoms with Gasteiger partial charge in [-0.15, -0.1) is 11.8 Å². The molecule has 0 saturated carbocycles. The highest BCUT2D eigenvalue weighted by atomic mass is 32.2. The second kappa shape index (κ2) is 5.87. The molecule has 1 unspecified atom stereocenters. The second-order valence-electron chi connectivity index (χ2n) is 4.28. The summed E-state index contributed by atoms with van der Waals surface area (Å²) in [6.07, 6.45) is 6.57. The minimum atomic E-state index is -0.0102. The molecule has 1 heterocycles. The van der Waals surface area contributed by atoms with Gasteiger partial charge in [-0.2, -0.15) is 5.10 Å². The predicted molar refractivity (Wildman–Crippen MR) is 76.6 cm³/mol. The number of allylic oxidation sites excluding steroid dienone is 1. The van der Waals surface area contributed by atoms with Crippen molar-refractivity contribution in [2.75, 3.05) is 6.26 Å². The molecule has 18 heavy (non-hydrogen) atoms. The van der Waals surface area contributed by atoms with Crippen molar-refractivity contribution in [3.8, 4) is 0 Å². The zero-order chi connectivity index (χ0) is 13.0. The zero-order valence-corrected chi connectivity index (χ0v) is 11.3. The normalized spacial score (nSPS) is 19.8. The Morgan fingerprint density at radius 3 is 2.67 bits per heavy atom. The van der Waals surface area contributed by atoms with E-state index in [1.54, 1.807) is 11.8 Å². The van der Waals surface area contributed by atoms with Crippen molar-refractivity contribution in [1.82, 2.24) is 5.43 Å². The first-order valence-electron chi connectivity index (χ1n) is 5.87. The molecule has 1 aromatic carbocycles. The number of carbonyl (C=O) groups is 1. The predicted octanol–water partition coefficient (Wildman–Crippen LogP) is 2.93. The number of rotatable bonds is 3. The van der Waals surface area contributed by atoms with E-state index in [2.05, 4.69) is 41.0 Å². The van der Waals surface area contributed by atoms with Crippen LogP contribution in [0, 0.1) is 5.92 Å². The van der Waals surface area contributed by atoms with Crippen molar-refractivity contribution in [2.24, 2.45) is 11.0 Å². The Morgan fingerprint density at radius 2 is 2.06 bits per heavy atom. The number of nitrogens with one attached hydrogen (secondary N) is 1. The Bertz CT molecular complexity index is 491. The first-order chi connectivity index (χ1) is 8.69. The molecule has 2 rings (SSSR count). The number of benzene rings is 1. The van der Waals surface area contributed by atoms with Crippen LogP contribution in [0.25, 0.3) is 6.08 Å². The Hall–Kier alpha value is -1.55. The van der Waals surface area contributed by atoms with Gasteiger partial charge in [-0.3, -0.25) is 4.79 Å². The lowest BCUT2D eigenvalue weighted by Crippen LogP contribution is -2.30. The monoisotopic (exact) mass is 260 g/mol. The minimum absolute atomic E-state index is 0.0102. The molecule has 94 valence electrons. The van der Waals surface area contributed by atoms with Gasteiger partial charge in [-0.1, -0.05) is 25.1 Å². The van der Waals surface area contributed by atoms with E-state index < -0.39 is 0 Å². The van der Waals surface area contributed by atoms with Crippen LogP contribution in [0.2, 0.25) is 0 Å². The van der Waals surface area contributed by atoms with Gasteiger partial charge in [0.05, 0.1) is 5.71 Å². The molecular weight excluding hydrogens is 244 g/mol. The lowest BCUT2D eigenvalue weighted by molar-refractivity contribution is -0.121. The average Bonchev–Trinajstić information content (AvgIpc) is 2.38. The molecule has 0 saturated heterocycles. The highest BCUT2D eigenvalue weighted by Gasteiger charge is 2.17. The molecule has 1 atom stereocenters. The summed E-state index contributed by atoms with van der Waals surface area (Å²) in [5.41, 5.74) is 4.57. The van der Waals surface area contributed by atoms with Crippen molar-refractivity contribution in [3.05, 3.63) is 35.9 Å². The van der Waals surface area contributed by atoms with Gasteiger partial charge < -0.3 is 0 Å². The van der Waals surface area contributed by atoms with Crippen LogP contribution in [-0.4, -0.2) is 17.9 Å². The van der Waals surface area contributed by atoms with E-state index in [-0.39, 0.29) is 11.8 Å². The van der Waals surface area contributed by atoms with E-state index in [4.69, 9.17) is 0 Å². The van der Waals surface area contributed by atoms with Gasteiger partial charge in [0.1, 0.15) is 0 Å². The number of hydrazone groups is 1. The lowest BCUT2D eigenvalue weighted by atomic mass is 9.99. The van der Waals surface area contributed by atoms with E-state index in [0.29, 0.717) is 6.42 Å². The molecule has 1 aliphatic rings. The third-order valence-corrected chi connectivity index (χ3v) is 3.61. The summed E-state index contributed by atoms with van der Waals surface area (Å²) in [6, 6.07) is 8.35. The van der Waals surface area contributed by atoms with Crippen LogP contribution in [0.15, 0.2) is 40.3 Å². The molecule has 1 amide bonds. The highest BCUT2D eigenvalue weighted by molar-refractivity contribution is 7.98. The fourth-order valence-electron chi connectivity index (χ4n) is 1.76. The van der Waals surface area contributed by atoms with Crippen molar-refractivity contribution in [1.29, 1.82) is 0 Å². The molecule has 0 radical (unpaired) electrons. The van der Waals surface area contributed by atoms with Gasteiger partial charge in [-0.25, -0.2) is 5.43 Å². The zero-order valence-electron chi connectivity index (χ0n) is 10.5. The van der Waals surface area contributed by atoms with Crippen LogP contribution in [0.4, 0.5) is 0 Å². The number of carbonyl (C=O) groups excluding carboxylic acids is 1. The Morgan fingerprint density at radius 1 is 1.33 bits per heavy atom. The minimum Gasteiger partial charge on any atom is -0.273 e. The molecule has 4 heteroatoms. The Labute approximate surface area is 111 Å². The summed E-state index contributed by atoms with van der Waals surface area (Å²) in [4.78, 5) is 12.4. The van der Waals surface area contributed by atoms with Crippen LogP contribution in [0.5, 0.6) is 0 Å². The Balaban J connectivity index is 2.08. The molecule has 1 aromatic rings. The molecule has 0 aliphatic carbocycles. The van der Waals surface area contributed by atoms with E-state index in [0.717, 1.165) is 11.3 Å². The molecule has 0 fully saturated rings. The molecule has 0 spiro atoms. The molecule has 1 aliphatic heterocycles. The quantitative estimate of drug-likeness (QED) is 0.849. The summed E-state index contributed by atoms with van der Waals surface area (Å²) < 4.78 is 0. The highest BCUT2D eigenvalue weighted by Crippen LogP contribution is 2.16. The van der Waals surface area contributed by atoms with E-state index in [1.165, 1.54) is 4.90 Å². The maximum absolute atomic E-state index is 11.1. The summed E-state index contributed by atoms with van der Waals surface area (Å²) in [7, 11) is 0. The van der Waals surface area contributed by atoms with Crippen LogP contribution in [0.1, 0.15) is 18.9 Å². The van der Waals surface area contributed by atoms with Crippen molar-refractivity contribution < 1.29 is 4.79 Å². The first-order valence-corrected chi connectivity index (χ1v) is 7.10. The molecular formula is C14H16N2OS. The fraction of sp³-hybridized carbons (Fsp3) is 0.286. The Kier molecular flexibility index (Phi) is 4.20. The molecule has 0 bridgehead atoms. The van der Waals surface area contributed by atoms with Crippen LogP contribution in [-0.2, 0) is 4.79 Å². The number of thioether (sulfide) groups is 1. The maximum atomic E-state index is 11.1. The number of hydrogen-bond donors (Lipinski definition) is 1. The molecule has 0 aromatic heterocycles. The van der Waals surface area contributed by atoms with Crippen LogP contribution >= 0.6 is 11.8 Å². The smallest absolute Gasteiger partial charge is 0.240 e. The third-order valence-electron chi connectivity index (χ3n) is 2.87. The first kappa shape index (κ1) is 12.9. The van der Waals surface area contributed by atoms with Crippen molar-refractivity contribution in [2.45, 2.75) is 18.2 Å². The van der Waals surface area contributed by atoms with Gasteiger partial charge >= 0.3 is 0 Å². The van der Waals surface area contributed by atoms with Crippen molar-refractivity contribution >= 4 is 29.5 Å². The number of amides is 1. The van der Waals surface area contributed by atoms with Gasteiger partial charge in [0.2, 0.25) is 5.91 Å². The second-order valence-corrected chi connectivity index (χ2v) is 5.16. The van der Waals surface area contributed by atoms with Crippen molar-refractivity contribution in [3.63, 3.8) is 0 Å². The number of nitrogens with zero attached hydrogens (tertiary/aromatic N) is 1.